The Hall–Kier alpha value is -1.09. The van der Waals surface area contributed by atoms with Gasteiger partial charge in [-0.1, -0.05) is 24.3 Å². The first-order valence-corrected chi connectivity index (χ1v) is 5.07. The van der Waals surface area contributed by atoms with Crippen molar-refractivity contribution in [2.75, 3.05) is 0 Å². The van der Waals surface area contributed by atoms with Crippen LogP contribution in [0.2, 0.25) is 0 Å². The van der Waals surface area contributed by atoms with E-state index in [9.17, 15) is 8.42 Å². The van der Waals surface area contributed by atoms with Crippen LogP contribution in [-0.2, 0) is 9.84 Å². The monoisotopic (exact) mass is 178 g/mol. The fourth-order valence-electron chi connectivity index (χ4n) is 1.09. The molecule has 2 nitrogen and oxygen atoms in total. The quantitative estimate of drug-likeness (QED) is 0.600. The minimum atomic E-state index is -3.16. The number of hydrogen-bond acceptors (Lipinski definition) is 2. The Morgan fingerprint density at radius 2 is 1.92 bits per heavy atom. The van der Waals surface area contributed by atoms with Gasteiger partial charge in [0.1, 0.15) is 5.75 Å². The summed E-state index contributed by atoms with van der Waals surface area (Å²) in [7, 11) is -3.16. The van der Waals surface area contributed by atoms with Gasteiger partial charge in [-0.3, -0.25) is 0 Å². The molecule has 1 aliphatic heterocycles. The summed E-state index contributed by atoms with van der Waals surface area (Å²) in [5.41, 5.74) is 1.53. The van der Waals surface area contributed by atoms with Gasteiger partial charge in [0.15, 0.2) is 9.84 Å². The van der Waals surface area contributed by atoms with E-state index in [4.69, 9.17) is 0 Å². The van der Waals surface area contributed by atoms with Gasteiger partial charge in [0.05, 0.1) is 0 Å². The Balaban J connectivity index is 2.61. The summed E-state index contributed by atoms with van der Waals surface area (Å²) in [5, 5.41) is 1.09. The molecule has 0 atom stereocenters. The molecule has 60 valence electrons. The minimum Gasteiger partial charge on any atom is -0.224 e. The van der Waals surface area contributed by atoms with Crippen LogP contribution in [0.5, 0.6) is 0 Å². The van der Waals surface area contributed by atoms with Crippen LogP contribution in [0.25, 0.3) is 0 Å². The fourth-order valence-corrected chi connectivity index (χ4v) is 2.01. The summed E-state index contributed by atoms with van der Waals surface area (Å²) in [4.78, 5) is 0. The largest absolute Gasteiger partial charge is 0.224 e. The third kappa shape index (κ3) is 1.28. The van der Waals surface area contributed by atoms with E-state index in [-0.39, 0.29) is 0 Å². The lowest BCUT2D eigenvalue weighted by Gasteiger charge is -2.07. The Labute approximate surface area is 71.5 Å². The van der Waals surface area contributed by atoms with Gasteiger partial charge >= 0.3 is 0 Å². The van der Waals surface area contributed by atoms with Gasteiger partial charge in [-0.15, -0.1) is 0 Å². The van der Waals surface area contributed by atoms with Crippen LogP contribution in [0, 0.1) is 11.8 Å². The highest BCUT2D eigenvalue weighted by atomic mass is 32.2. The molecule has 2 rings (SSSR count). The van der Waals surface area contributed by atoms with Crippen molar-refractivity contribution < 1.29 is 8.42 Å². The summed E-state index contributed by atoms with van der Waals surface area (Å²) < 4.78 is 22.1. The van der Waals surface area contributed by atoms with Crippen molar-refractivity contribution in [2.45, 2.75) is 0 Å². The lowest BCUT2D eigenvalue weighted by atomic mass is 10.1. The predicted octanol–water partition coefficient (Wildman–Crippen LogP) is 1.29. The molecule has 2 radical (unpaired) electrons. The molecule has 3 heteroatoms. The Kier molecular flexibility index (Phi) is 1.54. The number of rotatable bonds is 0. The highest BCUT2D eigenvalue weighted by molar-refractivity contribution is 7.96. The van der Waals surface area contributed by atoms with E-state index in [0.717, 1.165) is 11.0 Å². The zero-order valence-electron chi connectivity index (χ0n) is 6.19. The molecular formula is C9H6O2S. The summed E-state index contributed by atoms with van der Waals surface area (Å²) in [6.07, 6.45) is 2.71. The standard InChI is InChI=1S/C9H6O2S/c10-12(11)6-5-8-3-1-2-4-9(8)7-12/h1-4,6-7H. The van der Waals surface area contributed by atoms with Crippen LogP contribution in [-0.4, -0.2) is 8.42 Å². The van der Waals surface area contributed by atoms with E-state index < -0.39 is 9.84 Å². The molecular weight excluding hydrogens is 172 g/mol. The first-order valence-electron chi connectivity index (χ1n) is 3.46. The molecule has 0 amide bonds. The molecule has 0 saturated carbocycles. The zero-order valence-corrected chi connectivity index (χ0v) is 7.01. The van der Waals surface area contributed by atoms with Gasteiger partial charge in [0, 0.05) is 11.5 Å². The molecule has 1 aromatic rings. The van der Waals surface area contributed by atoms with Gasteiger partial charge in [-0.25, -0.2) is 8.42 Å². The van der Waals surface area contributed by atoms with Crippen molar-refractivity contribution in [3.63, 3.8) is 0 Å². The number of hydrogen-bond donors (Lipinski definition) is 0. The molecule has 0 N–H and O–H groups in total. The number of sulfone groups is 1. The van der Waals surface area contributed by atoms with Crippen molar-refractivity contribution in [3.8, 4) is 0 Å². The van der Waals surface area contributed by atoms with Gasteiger partial charge in [0.25, 0.3) is 0 Å². The number of fused-ring (bicyclic) bond motifs is 1. The van der Waals surface area contributed by atoms with Crippen LogP contribution in [0.4, 0.5) is 0 Å². The highest BCUT2D eigenvalue weighted by Crippen LogP contribution is 2.20. The average molecular weight is 178 g/mol. The summed E-state index contributed by atoms with van der Waals surface area (Å²) in [5.74, 6) is 1.25. The van der Waals surface area contributed by atoms with Gasteiger partial charge in [-0.2, -0.15) is 0 Å². The SMILES string of the molecule is O=S1(=O)[CH]c2ccccc2[C]=C1. The number of benzene rings is 1. The second-order valence-electron chi connectivity index (χ2n) is 2.56. The molecule has 0 bridgehead atoms. The fraction of sp³-hybridized carbons (Fsp3) is 0. The molecule has 0 fully saturated rings. The van der Waals surface area contributed by atoms with Crippen molar-refractivity contribution in [1.29, 1.82) is 0 Å². The molecule has 0 aromatic heterocycles. The lowest BCUT2D eigenvalue weighted by Crippen LogP contribution is -2.03. The second kappa shape index (κ2) is 2.45. The second-order valence-corrected chi connectivity index (χ2v) is 4.21. The summed E-state index contributed by atoms with van der Waals surface area (Å²) >= 11 is 0. The highest BCUT2D eigenvalue weighted by Gasteiger charge is 2.15. The average Bonchev–Trinajstić information content (AvgIpc) is 2.02. The molecule has 0 unspecified atom stereocenters. The maximum atomic E-state index is 11.0. The predicted molar refractivity (Wildman–Crippen MR) is 45.7 cm³/mol. The van der Waals surface area contributed by atoms with Crippen molar-refractivity contribution in [2.24, 2.45) is 0 Å². The topological polar surface area (TPSA) is 34.1 Å². The molecule has 12 heavy (non-hydrogen) atoms. The normalized spacial score (nSPS) is 18.7. The van der Waals surface area contributed by atoms with E-state index in [1.54, 1.807) is 12.1 Å². The molecule has 1 aromatic carbocycles. The maximum absolute atomic E-state index is 11.0. The van der Waals surface area contributed by atoms with Gasteiger partial charge in [0.2, 0.25) is 0 Å². The molecule has 1 aliphatic rings. The van der Waals surface area contributed by atoms with E-state index in [1.807, 2.05) is 12.1 Å². The smallest absolute Gasteiger partial charge is 0.180 e. The van der Waals surface area contributed by atoms with Crippen LogP contribution in [0.15, 0.2) is 29.7 Å². The molecule has 0 saturated heterocycles. The van der Waals surface area contributed by atoms with E-state index >= 15 is 0 Å². The van der Waals surface area contributed by atoms with Crippen molar-refractivity contribution >= 4 is 9.84 Å². The van der Waals surface area contributed by atoms with E-state index in [1.165, 1.54) is 5.75 Å². The van der Waals surface area contributed by atoms with Crippen molar-refractivity contribution in [3.05, 3.63) is 52.6 Å². The van der Waals surface area contributed by atoms with Gasteiger partial charge < -0.3 is 0 Å². The Morgan fingerprint density at radius 1 is 1.17 bits per heavy atom. The summed E-state index contributed by atoms with van der Waals surface area (Å²) in [6, 6.07) is 7.24. The molecule has 0 spiro atoms. The van der Waals surface area contributed by atoms with E-state index in [0.29, 0.717) is 5.56 Å². The Bertz CT molecular complexity index is 430. The molecule has 1 heterocycles. The third-order valence-electron chi connectivity index (χ3n) is 1.63. The van der Waals surface area contributed by atoms with E-state index in [2.05, 4.69) is 6.08 Å². The summed E-state index contributed by atoms with van der Waals surface area (Å²) in [6.45, 7) is 0. The minimum absolute atomic E-state index is 0.708. The Morgan fingerprint density at radius 3 is 2.75 bits per heavy atom. The third-order valence-corrected chi connectivity index (χ3v) is 2.66. The van der Waals surface area contributed by atoms with Crippen LogP contribution in [0.1, 0.15) is 11.1 Å². The maximum Gasteiger partial charge on any atom is 0.180 e. The first-order chi connectivity index (χ1) is 5.67. The van der Waals surface area contributed by atoms with Crippen molar-refractivity contribution in [1.82, 2.24) is 0 Å². The molecule has 0 aliphatic carbocycles. The van der Waals surface area contributed by atoms with Crippen LogP contribution >= 0.6 is 0 Å². The van der Waals surface area contributed by atoms with Crippen LogP contribution < -0.4 is 0 Å². The van der Waals surface area contributed by atoms with Crippen LogP contribution in [0.3, 0.4) is 0 Å². The lowest BCUT2D eigenvalue weighted by molar-refractivity contribution is 0.610. The van der Waals surface area contributed by atoms with Gasteiger partial charge in [-0.05, 0) is 11.1 Å². The first kappa shape index (κ1) is 7.55. The zero-order chi connectivity index (χ0) is 8.60.